The summed E-state index contributed by atoms with van der Waals surface area (Å²) in [5.41, 5.74) is 1.78. The number of fused-ring (bicyclic) bond motifs is 1. The van der Waals surface area contributed by atoms with E-state index in [0.29, 0.717) is 27.6 Å². The number of carbonyl (C=O) groups excluding carboxylic acids is 1. The maximum Gasteiger partial charge on any atom is 0.306 e. The van der Waals surface area contributed by atoms with E-state index in [1.165, 1.54) is 7.11 Å². The molecule has 136 valence electrons. The van der Waals surface area contributed by atoms with Gasteiger partial charge in [-0.2, -0.15) is 0 Å². The third kappa shape index (κ3) is 3.70. The Morgan fingerprint density at radius 2 is 2.12 bits per heavy atom. The van der Waals surface area contributed by atoms with Crippen molar-refractivity contribution >= 4 is 45.1 Å². The fraction of sp³-hybridized carbons (Fsp3) is 0.222. The SMILES string of the molecule is COc1cccc(C2OC(CC(=O)O)C(=O)Nc3ccc(Br)cc32)c1Cl. The number of hydrogen-bond acceptors (Lipinski definition) is 4. The predicted octanol–water partition coefficient (Wildman–Crippen LogP) is 4.01. The standard InChI is InChI=1S/C18H15BrClNO5/c1-25-13-4-2-3-10(16(13)20)17-11-7-9(19)5-6-12(11)21-18(24)14(26-17)8-15(22)23/h2-7,14,17H,8H2,1H3,(H,21,24)(H,22,23). The highest BCUT2D eigenvalue weighted by Crippen LogP contribution is 2.42. The number of amides is 1. The van der Waals surface area contributed by atoms with Crippen LogP contribution in [0, 0.1) is 0 Å². The zero-order valence-corrected chi connectivity index (χ0v) is 16.0. The molecule has 1 heterocycles. The monoisotopic (exact) mass is 439 g/mol. The zero-order valence-electron chi connectivity index (χ0n) is 13.7. The smallest absolute Gasteiger partial charge is 0.306 e. The van der Waals surface area contributed by atoms with Crippen LogP contribution in [0.5, 0.6) is 5.75 Å². The van der Waals surface area contributed by atoms with Gasteiger partial charge in [-0.15, -0.1) is 0 Å². The number of carboxylic acid groups (broad SMARTS) is 1. The van der Waals surface area contributed by atoms with Gasteiger partial charge in [0.15, 0.2) is 0 Å². The zero-order chi connectivity index (χ0) is 18.8. The number of hydrogen-bond donors (Lipinski definition) is 2. The molecule has 2 atom stereocenters. The topological polar surface area (TPSA) is 84.9 Å². The molecule has 1 aliphatic rings. The average molecular weight is 441 g/mol. The second-order valence-electron chi connectivity index (χ2n) is 5.69. The fourth-order valence-electron chi connectivity index (χ4n) is 2.81. The van der Waals surface area contributed by atoms with Crippen molar-refractivity contribution in [2.45, 2.75) is 18.6 Å². The van der Waals surface area contributed by atoms with E-state index in [9.17, 15) is 9.59 Å². The third-order valence-electron chi connectivity index (χ3n) is 4.00. The molecule has 0 spiro atoms. The van der Waals surface area contributed by atoms with Crippen LogP contribution >= 0.6 is 27.5 Å². The van der Waals surface area contributed by atoms with Crippen LogP contribution in [0.3, 0.4) is 0 Å². The van der Waals surface area contributed by atoms with Crippen molar-refractivity contribution < 1.29 is 24.2 Å². The van der Waals surface area contributed by atoms with Crippen LogP contribution in [0.1, 0.15) is 23.7 Å². The van der Waals surface area contributed by atoms with Crippen LogP contribution in [-0.4, -0.2) is 30.2 Å². The number of nitrogens with one attached hydrogen (secondary N) is 1. The van der Waals surface area contributed by atoms with E-state index in [2.05, 4.69) is 21.2 Å². The summed E-state index contributed by atoms with van der Waals surface area (Å²) < 4.78 is 12.0. The van der Waals surface area contributed by atoms with E-state index >= 15 is 0 Å². The van der Waals surface area contributed by atoms with Gasteiger partial charge in [0.2, 0.25) is 0 Å². The highest BCUT2D eigenvalue weighted by molar-refractivity contribution is 9.10. The molecule has 0 radical (unpaired) electrons. The first-order chi connectivity index (χ1) is 12.4. The van der Waals surface area contributed by atoms with Gasteiger partial charge in [0.1, 0.15) is 18.0 Å². The molecule has 3 rings (SSSR count). The largest absolute Gasteiger partial charge is 0.495 e. The normalized spacial score (nSPS) is 19.3. The Balaban J connectivity index is 2.15. The Morgan fingerprint density at radius 3 is 2.81 bits per heavy atom. The maximum atomic E-state index is 12.4. The number of carbonyl (C=O) groups is 2. The third-order valence-corrected chi connectivity index (χ3v) is 4.90. The Kier molecular flexibility index (Phi) is 5.50. The van der Waals surface area contributed by atoms with Gasteiger partial charge in [-0.3, -0.25) is 9.59 Å². The summed E-state index contributed by atoms with van der Waals surface area (Å²) >= 11 is 9.87. The van der Waals surface area contributed by atoms with Crippen LogP contribution in [-0.2, 0) is 14.3 Å². The highest BCUT2D eigenvalue weighted by atomic mass is 79.9. The highest BCUT2D eigenvalue weighted by Gasteiger charge is 2.34. The van der Waals surface area contributed by atoms with Crippen LogP contribution in [0.15, 0.2) is 40.9 Å². The van der Waals surface area contributed by atoms with Crippen LogP contribution in [0.2, 0.25) is 5.02 Å². The van der Waals surface area contributed by atoms with Gasteiger partial charge in [-0.25, -0.2) is 0 Å². The Labute approximate surface area is 163 Å². The lowest BCUT2D eigenvalue weighted by atomic mass is 9.99. The average Bonchev–Trinajstić information content (AvgIpc) is 2.72. The van der Waals surface area contributed by atoms with Crippen molar-refractivity contribution in [3.8, 4) is 5.75 Å². The lowest BCUT2D eigenvalue weighted by Gasteiger charge is -2.22. The van der Waals surface area contributed by atoms with Crippen molar-refractivity contribution in [3.63, 3.8) is 0 Å². The molecule has 0 saturated heterocycles. The second kappa shape index (κ2) is 7.65. The molecule has 0 aromatic heterocycles. The van der Waals surface area contributed by atoms with E-state index in [1.54, 1.807) is 36.4 Å². The van der Waals surface area contributed by atoms with E-state index in [1.807, 2.05) is 0 Å². The van der Waals surface area contributed by atoms with Crippen molar-refractivity contribution in [1.82, 2.24) is 0 Å². The van der Waals surface area contributed by atoms with E-state index in [-0.39, 0.29) is 0 Å². The Morgan fingerprint density at radius 1 is 1.35 bits per heavy atom. The lowest BCUT2D eigenvalue weighted by molar-refractivity contribution is -0.146. The minimum Gasteiger partial charge on any atom is -0.495 e. The molecule has 1 amide bonds. The number of methoxy groups -OCH3 is 1. The molecule has 2 unspecified atom stereocenters. The summed E-state index contributed by atoms with van der Waals surface area (Å²) in [7, 11) is 1.50. The van der Waals surface area contributed by atoms with Crippen LogP contribution < -0.4 is 10.1 Å². The van der Waals surface area contributed by atoms with Crippen molar-refractivity contribution in [2.75, 3.05) is 12.4 Å². The van der Waals surface area contributed by atoms with Gasteiger partial charge in [-0.1, -0.05) is 39.7 Å². The molecule has 26 heavy (non-hydrogen) atoms. The lowest BCUT2D eigenvalue weighted by Crippen LogP contribution is -2.31. The molecular weight excluding hydrogens is 426 g/mol. The number of benzene rings is 2. The molecule has 2 N–H and O–H groups in total. The van der Waals surface area contributed by atoms with E-state index in [4.69, 9.17) is 26.2 Å². The minimum atomic E-state index is -1.16. The first kappa shape index (κ1) is 18.7. The number of aliphatic carboxylic acids is 1. The summed E-state index contributed by atoms with van der Waals surface area (Å²) in [5.74, 6) is -1.19. The van der Waals surface area contributed by atoms with E-state index < -0.39 is 30.5 Å². The maximum absolute atomic E-state index is 12.4. The summed E-state index contributed by atoms with van der Waals surface area (Å²) in [6, 6.07) is 10.5. The van der Waals surface area contributed by atoms with Gasteiger partial charge in [0.05, 0.1) is 18.6 Å². The van der Waals surface area contributed by atoms with Gasteiger partial charge >= 0.3 is 5.97 Å². The summed E-state index contributed by atoms with van der Waals surface area (Å²) in [6.45, 7) is 0. The summed E-state index contributed by atoms with van der Waals surface area (Å²) in [4.78, 5) is 23.6. The number of carboxylic acids is 1. The molecule has 6 nitrogen and oxygen atoms in total. The fourth-order valence-corrected chi connectivity index (χ4v) is 3.49. The predicted molar refractivity (Wildman–Crippen MR) is 99.7 cm³/mol. The van der Waals surface area contributed by atoms with E-state index in [0.717, 1.165) is 4.47 Å². The molecule has 1 aliphatic heterocycles. The molecule has 0 aliphatic carbocycles. The van der Waals surface area contributed by atoms with Gasteiger partial charge in [-0.05, 0) is 24.3 Å². The van der Waals surface area contributed by atoms with Gasteiger partial charge in [0.25, 0.3) is 5.91 Å². The Bertz CT molecular complexity index is 873. The van der Waals surface area contributed by atoms with Gasteiger partial charge in [0, 0.05) is 21.3 Å². The number of ether oxygens (including phenoxy) is 2. The van der Waals surface area contributed by atoms with Crippen molar-refractivity contribution in [2.24, 2.45) is 0 Å². The molecule has 2 aromatic rings. The van der Waals surface area contributed by atoms with Gasteiger partial charge < -0.3 is 19.9 Å². The Hall–Kier alpha value is -2.09. The van der Waals surface area contributed by atoms with Crippen LogP contribution in [0.25, 0.3) is 0 Å². The molecule has 0 bridgehead atoms. The number of rotatable bonds is 4. The molecule has 2 aromatic carbocycles. The molecule has 0 fully saturated rings. The number of anilines is 1. The quantitative estimate of drug-likeness (QED) is 0.750. The number of halogens is 2. The first-order valence-electron chi connectivity index (χ1n) is 7.70. The van der Waals surface area contributed by atoms with Crippen LogP contribution in [0.4, 0.5) is 5.69 Å². The second-order valence-corrected chi connectivity index (χ2v) is 6.98. The first-order valence-corrected chi connectivity index (χ1v) is 8.87. The molecule has 0 saturated carbocycles. The molecule has 8 heteroatoms. The van der Waals surface area contributed by atoms with Crippen molar-refractivity contribution in [3.05, 3.63) is 57.0 Å². The minimum absolute atomic E-state index is 0.342. The van der Waals surface area contributed by atoms with Crippen molar-refractivity contribution in [1.29, 1.82) is 0 Å². The summed E-state index contributed by atoms with van der Waals surface area (Å²) in [5, 5.41) is 12.2. The summed E-state index contributed by atoms with van der Waals surface area (Å²) in [6.07, 6.45) is -2.36. The molecular formula is C18H15BrClNO5.